The lowest BCUT2D eigenvalue weighted by atomic mass is 10.1. The molecule has 7 heteroatoms. The van der Waals surface area contributed by atoms with Crippen LogP contribution in [-0.4, -0.2) is 19.7 Å². The number of ether oxygens (including phenoxy) is 2. The molecule has 94 valence electrons. The largest absolute Gasteiger partial charge is 0.469 e. The van der Waals surface area contributed by atoms with Crippen LogP contribution in [0.15, 0.2) is 21.1 Å². The lowest BCUT2D eigenvalue weighted by molar-refractivity contribution is -0.139. The van der Waals surface area contributed by atoms with Crippen molar-refractivity contribution in [2.45, 2.75) is 13.0 Å². The van der Waals surface area contributed by atoms with Gasteiger partial charge >= 0.3 is 12.6 Å². The summed E-state index contributed by atoms with van der Waals surface area (Å²) in [5, 5.41) is 0. The zero-order valence-electron chi connectivity index (χ0n) is 8.68. The topological polar surface area (TPSA) is 35.5 Å². The van der Waals surface area contributed by atoms with Gasteiger partial charge in [0.1, 0.15) is 5.75 Å². The highest BCUT2D eigenvalue weighted by atomic mass is 79.9. The van der Waals surface area contributed by atoms with E-state index in [9.17, 15) is 13.6 Å². The molecule has 0 unspecified atom stereocenters. The molecule has 0 saturated heterocycles. The van der Waals surface area contributed by atoms with Crippen LogP contribution in [0.5, 0.6) is 5.75 Å². The molecule has 1 aromatic carbocycles. The van der Waals surface area contributed by atoms with E-state index in [0.717, 1.165) is 0 Å². The van der Waals surface area contributed by atoms with Crippen molar-refractivity contribution in [1.82, 2.24) is 0 Å². The number of alkyl halides is 2. The second-order valence-electron chi connectivity index (χ2n) is 3.01. The van der Waals surface area contributed by atoms with Gasteiger partial charge in [0.15, 0.2) is 0 Å². The molecule has 0 heterocycles. The highest BCUT2D eigenvalue weighted by Gasteiger charge is 2.14. The minimum Gasteiger partial charge on any atom is -0.469 e. The Kier molecular flexibility index (Phi) is 5.32. The Balaban J connectivity index is 3.01. The first kappa shape index (κ1) is 14.4. The fraction of sp³-hybridized carbons (Fsp3) is 0.300. The van der Waals surface area contributed by atoms with E-state index in [0.29, 0.717) is 14.5 Å². The fourth-order valence-corrected chi connectivity index (χ4v) is 2.35. The molecule has 0 fully saturated rings. The summed E-state index contributed by atoms with van der Waals surface area (Å²) in [4.78, 5) is 11.1. The van der Waals surface area contributed by atoms with Crippen LogP contribution in [0.1, 0.15) is 5.56 Å². The lowest BCUT2D eigenvalue weighted by Crippen LogP contribution is -2.07. The Morgan fingerprint density at radius 3 is 2.53 bits per heavy atom. The number of esters is 1. The second-order valence-corrected chi connectivity index (χ2v) is 4.71. The van der Waals surface area contributed by atoms with Gasteiger partial charge in [0.2, 0.25) is 0 Å². The van der Waals surface area contributed by atoms with Crippen LogP contribution < -0.4 is 4.74 Å². The van der Waals surface area contributed by atoms with E-state index >= 15 is 0 Å². The standard InChI is InChI=1S/C10H8Br2F2O3/c1-16-9(15)3-5-2-8(17-10(13)14)7(12)4-6(5)11/h2,4,10H,3H2,1H3. The third kappa shape index (κ3) is 4.23. The van der Waals surface area contributed by atoms with E-state index in [1.165, 1.54) is 19.2 Å². The third-order valence-corrected chi connectivity index (χ3v) is 3.24. The Hall–Kier alpha value is -0.690. The van der Waals surface area contributed by atoms with E-state index in [1.54, 1.807) is 0 Å². The van der Waals surface area contributed by atoms with Gasteiger partial charge in [-0.15, -0.1) is 0 Å². The first-order valence-corrected chi connectivity index (χ1v) is 6.02. The number of hydrogen-bond donors (Lipinski definition) is 0. The van der Waals surface area contributed by atoms with Crippen molar-refractivity contribution < 1.29 is 23.0 Å². The molecule has 1 rings (SSSR count). The van der Waals surface area contributed by atoms with Gasteiger partial charge in [-0.3, -0.25) is 4.79 Å². The highest BCUT2D eigenvalue weighted by molar-refractivity contribution is 9.11. The summed E-state index contributed by atoms with van der Waals surface area (Å²) in [7, 11) is 1.26. The van der Waals surface area contributed by atoms with Crippen LogP contribution >= 0.6 is 31.9 Å². The van der Waals surface area contributed by atoms with Crippen molar-refractivity contribution in [2.24, 2.45) is 0 Å². The number of halogens is 4. The maximum absolute atomic E-state index is 12.1. The van der Waals surface area contributed by atoms with E-state index < -0.39 is 12.6 Å². The monoisotopic (exact) mass is 372 g/mol. The molecule has 3 nitrogen and oxygen atoms in total. The van der Waals surface area contributed by atoms with Gasteiger partial charge in [0.25, 0.3) is 0 Å². The van der Waals surface area contributed by atoms with E-state index in [-0.39, 0.29) is 12.2 Å². The van der Waals surface area contributed by atoms with E-state index in [4.69, 9.17) is 0 Å². The van der Waals surface area contributed by atoms with Crippen molar-refractivity contribution >= 4 is 37.8 Å². The zero-order chi connectivity index (χ0) is 13.0. The van der Waals surface area contributed by atoms with Crippen molar-refractivity contribution in [2.75, 3.05) is 7.11 Å². The van der Waals surface area contributed by atoms with Crippen LogP contribution in [-0.2, 0) is 16.0 Å². The Labute approximate surface area is 113 Å². The van der Waals surface area contributed by atoms with Crippen LogP contribution in [0.25, 0.3) is 0 Å². The molecule has 0 bridgehead atoms. The highest BCUT2D eigenvalue weighted by Crippen LogP contribution is 2.33. The van der Waals surface area contributed by atoms with Gasteiger partial charge in [-0.05, 0) is 33.6 Å². The number of hydrogen-bond acceptors (Lipinski definition) is 3. The molecule has 0 aliphatic heterocycles. The average molecular weight is 374 g/mol. The smallest absolute Gasteiger partial charge is 0.387 e. The van der Waals surface area contributed by atoms with E-state index in [2.05, 4.69) is 41.3 Å². The number of carbonyl (C=O) groups is 1. The Morgan fingerprint density at radius 1 is 1.35 bits per heavy atom. The van der Waals surface area contributed by atoms with E-state index in [1.807, 2.05) is 0 Å². The summed E-state index contributed by atoms with van der Waals surface area (Å²) in [6.07, 6.45) is -0.0238. The minimum absolute atomic E-state index is 0.0238. The summed E-state index contributed by atoms with van der Waals surface area (Å²) in [6, 6.07) is 2.90. The van der Waals surface area contributed by atoms with Crippen LogP contribution in [0.3, 0.4) is 0 Å². The molecule has 0 saturated carbocycles. The second kappa shape index (κ2) is 6.30. The average Bonchev–Trinajstić information content (AvgIpc) is 2.24. The van der Waals surface area contributed by atoms with Crippen molar-refractivity contribution in [3.8, 4) is 5.75 Å². The Morgan fingerprint density at radius 2 is 2.00 bits per heavy atom. The first-order chi connectivity index (χ1) is 7.93. The maximum atomic E-state index is 12.1. The van der Waals surface area contributed by atoms with Gasteiger partial charge < -0.3 is 9.47 Å². The van der Waals surface area contributed by atoms with Gasteiger partial charge in [0.05, 0.1) is 18.0 Å². The molecule has 0 atom stereocenters. The van der Waals surface area contributed by atoms with Gasteiger partial charge in [-0.1, -0.05) is 15.9 Å². The van der Waals surface area contributed by atoms with Gasteiger partial charge in [-0.25, -0.2) is 0 Å². The minimum atomic E-state index is -2.92. The molecular formula is C10H8Br2F2O3. The third-order valence-electron chi connectivity index (χ3n) is 1.88. The molecule has 0 aliphatic carbocycles. The van der Waals surface area contributed by atoms with Crippen molar-refractivity contribution in [1.29, 1.82) is 0 Å². The molecule has 0 amide bonds. The molecule has 0 radical (unpaired) electrons. The molecule has 0 spiro atoms. The SMILES string of the molecule is COC(=O)Cc1cc(OC(F)F)c(Br)cc1Br. The van der Waals surface area contributed by atoms with Gasteiger partial charge in [0, 0.05) is 4.47 Å². The number of benzene rings is 1. The number of methoxy groups -OCH3 is 1. The quantitative estimate of drug-likeness (QED) is 0.757. The molecule has 0 N–H and O–H groups in total. The van der Waals surface area contributed by atoms with Crippen molar-refractivity contribution in [3.63, 3.8) is 0 Å². The summed E-state index contributed by atoms with van der Waals surface area (Å²) in [6.45, 7) is -2.92. The van der Waals surface area contributed by atoms with Crippen LogP contribution in [0.4, 0.5) is 8.78 Å². The number of carbonyl (C=O) groups excluding carboxylic acids is 1. The molecule has 1 aromatic rings. The fourth-order valence-electron chi connectivity index (χ4n) is 1.12. The number of rotatable bonds is 4. The molecule has 0 aliphatic rings. The first-order valence-electron chi connectivity index (χ1n) is 4.43. The predicted molar refractivity (Wildman–Crippen MR) is 64.2 cm³/mol. The Bertz CT molecular complexity index is 424. The maximum Gasteiger partial charge on any atom is 0.387 e. The summed E-state index contributed by atoms with van der Waals surface area (Å²) < 4.78 is 34.0. The summed E-state index contributed by atoms with van der Waals surface area (Å²) >= 11 is 6.31. The van der Waals surface area contributed by atoms with Crippen LogP contribution in [0, 0.1) is 0 Å². The predicted octanol–water partition coefficient (Wildman–Crippen LogP) is 3.53. The van der Waals surface area contributed by atoms with Crippen LogP contribution in [0.2, 0.25) is 0 Å². The normalized spacial score (nSPS) is 10.5. The van der Waals surface area contributed by atoms with Gasteiger partial charge in [-0.2, -0.15) is 8.78 Å². The molecule has 17 heavy (non-hydrogen) atoms. The lowest BCUT2D eigenvalue weighted by Gasteiger charge is -2.10. The molecule has 0 aromatic heterocycles. The summed E-state index contributed by atoms with van der Waals surface area (Å²) in [5.41, 5.74) is 0.510. The zero-order valence-corrected chi connectivity index (χ0v) is 11.8. The van der Waals surface area contributed by atoms with Crippen molar-refractivity contribution in [3.05, 3.63) is 26.6 Å². The summed E-state index contributed by atoms with van der Waals surface area (Å²) in [5.74, 6) is -0.488. The molecular weight excluding hydrogens is 366 g/mol.